The van der Waals surface area contributed by atoms with Crippen LogP contribution in [-0.2, 0) is 0 Å². The molecule has 1 aromatic rings. The van der Waals surface area contributed by atoms with E-state index in [1.165, 1.54) is 10.4 Å². The van der Waals surface area contributed by atoms with Gasteiger partial charge in [-0.3, -0.25) is 0 Å². The van der Waals surface area contributed by atoms with Crippen LogP contribution in [0.15, 0.2) is 11.4 Å². The topological polar surface area (TPSA) is 24.1 Å². The molecule has 0 aliphatic rings. The van der Waals surface area contributed by atoms with Crippen LogP contribution in [0.25, 0.3) is 0 Å². The summed E-state index contributed by atoms with van der Waals surface area (Å²) in [5.41, 5.74) is 1.39. The Morgan fingerprint density at radius 1 is 1.54 bits per heavy atom. The highest BCUT2D eigenvalue weighted by atomic mass is 32.1. The first-order valence-corrected chi connectivity index (χ1v) is 5.59. The molecule has 0 spiro atoms. The number of nitrogens with one attached hydrogen (secondary N) is 2. The van der Waals surface area contributed by atoms with Crippen LogP contribution in [0, 0.1) is 6.92 Å². The molecule has 1 aromatic heterocycles. The molecule has 3 heteroatoms. The van der Waals surface area contributed by atoms with E-state index in [4.69, 9.17) is 0 Å². The Labute approximate surface area is 84.4 Å². The number of thiophene rings is 1. The second kappa shape index (κ2) is 5.37. The van der Waals surface area contributed by atoms with Crippen LogP contribution in [-0.4, -0.2) is 20.1 Å². The molecule has 1 atom stereocenters. The van der Waals surface area contributed by atoms with E-state index in [1.807, 2.05) is 18.4 Å². The molecule has 0 radical (unpaired) electrons. The zero-order valence-electron chi connectivity index (χ0n) is 8.55. The van der Waals surface area contributed by atoms with Crippen LogP contribution < -0.4 is 10.6 Å². The first-order chi connectivity index (χ1) is 6.29. The number of hydrogen-bond acceptors (Lipinski definition) is 3. The van der Waals surface area contributed by atoms with Crippen molar-refractivity contribution in [1.82, 2.24) is 10.6 Å². The van der Waals surface area contributed by atoms with Gasteiger partial charge in [0.25, 0.3) is 0 Å². The first kappa shape index (κ1) is 10.7. The summed E-state index contributed by atoms with van der Waals surface area (Å²) in [6, 6.07) is 2.64. The van der Waals surface area contributed by atoms with Crippen molar-refractivity contribution in [2.45, 2.75) is 19.9 Å². The highest BCUT2D eigenvalue weighted by molar-refractivity contribution is 7.10. The minimum absolute atomic E-state index is 0.458. The molecular formula is C10H18N2S. The van der Waals surface area contributed by atoms with Crippen LogP contribution in [0.2, 0.25) is 0 Å². The lowest BCUT2D eigenvalue weighted by atomic mass is 10.1. The molecular weight excluding hydrogens is 180 g/mol. The third kappa shape index (κ3) is 2.79. The van der Waals surface area contributed by atoms with Gasteiger partial charge in [0, 0.05) is 11.4 Å². The Morgan fingerprint density at radius 2 is 2.31 bits per heavy atom. The summed E-state index contributed by atoms with van der Waals surface area (Å²) in [5.74, 6) is 0. The quantitative estimate of drug-likeness (QED) is 0.755. The van der Waals surface area contributed by atoms with Gasteiger partial charge in [0.15, 0.2) is 0 Å². The lowest BCUT2D eigenvalue weighted by molar-refractivity contribution is 0.544. The summed E-state index contributed by atoms with van der Waals surface area (Å²) < 4.78 is 0. The van der Waals surface area contributed by atoms with Crippen molar-refractivity contribution in [1.29, 1.82) is 0 Å². The summed E-state index contributed by atoms with van der Waals surface area (Å²) in [4.78, 5) is 1.45. The lowest BCUT2D eigenvalue weighted by Gasteiger charge is -2.15. The third-order valence-electron chi connectivity index (χ3n) is 2.17. The monoisotopic (exact) mass is 198 g/mol. The molecule has 1 unspecified atom stereocenters. The van der Waals surface area contributed by atoms with Gasteiger partial charge < -0.3 is 10.6 Å². The Morgan fingerprint density at radius 3 is 2.77 bits per heavy atom. The van der Waals surface area contributed by atoms with E-state index in [2.05, 4.69) is 35.9 Å². The van der Waals surface area contributed by atoms with Crippen molar-refractivity contribution >= 4 is 11.3 Å². The molecule has 0 saturated carbocycles. The number of likely N-dealkylation sites (N-methyl/N-ethyl adjacent to an activating group) is 2. The smallest absolute Gasteiger partial charge is 0.0541 e. The molecule has 74 valence electrons. The molecule has 0 saturated heterocycles. The van der Waals surface area contributed by atoms with Crippen molar-refractivity contribution in [3.63, 3.8) is 0 Å². The molecule has 2 nitrogen and oxygen atoms in total. The van der Waals surface area contributed by atoms with E-state index < -0.39 is 0 Å². The van der Waals surface area contributed by atoms with Gasteiger partial charge >= 0.3 is 0 Å². The van der Waals surface area contributed by atoms with Crippen molar-refractivity contribution in [2.75, 3.05) is 20.1 Å². The van der Waals surface area contributed by atoms with E-state index >= 15 is 0 Å². The Balaban J connectivity index is 2.61. The van der Waals surface area contributed by atoms with Gasteiger partial charge in [-0.2, -0.15) is 0 Å². The van der Waals surface area contributed by atoms with Crippen LogP contribution in [0.3, 0.4) is 0 Å². The maximum Gasteiger partial charge on any atom is 0.0541 e. The maximum atomic E-state index is 3.36. The fourth-order valence-electron chi connectivity index (χ4n) is 1.36. The van der Waals surface area contributed by atoms with Crippen LogP contribution >= 0.6 is 11.3 Å². The zero-order chi connectivity index (χ0) is 9.68. The molecule has 1 heterocycles. The number of aryl methyl sites for hydroxylation is 1. The Bertz CT molecular complexity index is 245. The van der Waals surface area contributed by atoms with Crippen LogP contribution in [0.4, 0.5) is 0 Å². The van der Waals surface area contributed by atoms with E-state index in [9.17, 15) is 0 Å². The van der Waals surface area contributed by atoms with Gasteiger partial charge in [-0.1, -0.05) is 6.92 Å². The standard InChI is InChI=1S/C10H18N2S/c1-4-12-7-9(11-3)10-8(2)5-6-13-10/h5-6,9,11-12H,4,7H2,1-3H3. The molecule has 0 aliphatic heterocycles. The third-order valence-corrected chi connectivity index (χ3v) is 3.30. The molecule has 1 rings (SSSR count). The van der Waals surface area contributed by atoms with Crippen molar-refractivity contribution in [3.05, 3.63) is 21.9 Å². The maximum absolute atomic E-state index is 3.36. The second-order valence-corrected chi connectivity index (χ2v) is 4.06. The van der Waals surface area contributed by atoms with Gasteiger partial charge in [-0.05, 0) is 37.5 Å². The summed E-state index contributed by atoms with van der Waals surface area (Å²) in [7, 11) is 2.02. The van der Waals surface area contributed by atoms with Crippen molar-refractivity contribution < 1.29 is 0 Å². The van der Waals surface area contributed by atoms with E-state index in [0.717, 1.165) is 13.1 Å². The second-order valence-electron chi connectivity index (χ2n) is 3.12. The summed E-state index contributed by atoms with van der Waals surface area (Å²) in [6.45, 7) is 6.34. The zero-order valence-corrected chi connectivity index (χ0v) is 9.37. The van der Waals surface area contributed by atoms with Gasteiger partial charge in [0.2, 0.25) is 0 Å². The van der Waals surface area contributed by atoms with E-state index in [-0.39, 0.29) is 0 Å². The Kier molecular flexibility index (Phi) is 4.42. The SMILES string of the molecule is CCNCC(NC)c1sccc1C. The summed E-state index contributed by atoms with van der Waals surface area (Å²) in [5, 5.41) is 8.84. The van der Waals surface area contributed by atoms with Gasteiger partial charge in [-0.25, -0.2) is 0 Å². The van der Waals surface area contributed by atoms with Gasteiger partial charge in [0.05, 0.1) is 6.04 Å². The predicted octanol–water partition coefficient (Wildman–Crippen LogP) is 1.93. The van der Waals surface area contributed by atoms with Crippen LogP contribution in [0.1, 0.15) is 23.4 Å². The molecule has 0 aromatic carbocycles. The minimum Gasteiger partial charge on any atom is -0.315 e. The largest absolute Gasteiger partial charge is 0.315 e. The molecule has 0 fully saturated rings. The van der Waals surface area contributed by atoms with Crippen molar-refractivity contribution in [3.8, 4) is 0 Å². The molecule has 0 bridgehead atoms. The normalized spacial score (nSPS) is 13.2. The Hall–Kier alpha value is -0.380. The van der Waals surface area contributed by atoms with E-state index in [1.54, 1.807) is 0 Å². The predicted molar refractivity (Wildman–Crippen MR) is 59.4 cm³/mol. The summed E-state index contributed by atoms with van der Waals surface area (Å²) in [6.07, 6.45) is 0. The first-order valence-electron chi connectivity index (χ1n) is 4.71. The fraction of sp³-hybridized carbons (Fsp3) is 0.600. The van der Waals surface area contributed by atoms with Gasteiger partial charge in [0.1, 0.15) is 0 Å². The highest BCUT2D eigenvalue weighted by Gasteiger charge is 2.11. The molecule has 2 N–H and O–H groups in total. The average molecular weight is 198 g/mol. The van der Waals surface area contributed by atoms with E-state index in [0.29, 0.717) is 6.04 Å². The number of hydrogen-bond donors (Lipinski definition) is 2. The fourth-order valence-corrected chi connectivity index (χ4v) is 2.39. The van der Waals surface area contributed by atoms with Crippen molar-refractivity contribution in [2.24, 2.45) is 0 Å². The van der Waals surface area contributed by atoms with Gasteiger partial charge in [-0.15, -0.1) is 11.3 Å². The molecule has 0 amide bonds. The van der Waals surface area contributed by atoms with Crippen LogP contribution in [0.5, 0.6) is 0 Å². The highest BCUT2D eigenvalue weighted by Crippen LogP contribution is 2.22. The lowest BCUT2D eigenvalue weighted by Crippen LogP contribution is -2.29. The summed E-state index contributed by atoms with van der Waals surface area (Å²) >= 11 is 1.83. The average Bonchev–Trinajstić information content (AvgIpc) is 2.54. The molecule has 0 aliphatic carbocycles. The molecule has 13 heavy (non-hydrogen) atoms. The number of rotatable bonds is 5. The minimum atomic E-state index is 0.458.